The number of carbonyl (C=O) groups excluding carboxylic acids is 3. The second kappa shape index (κ2) is 29.0. The molecule has 4 bridgehead atoms. The summed E-state index contributed by atoms with van der Waals surface area (Å²) in [7, 11) is 2.22. The van der Waals surface area contributed by atoms with Gasteiger partial charge in [-0.25, -0.2) is 24.1 Å². The molecule has 101 heavy (non-hydrogen) atoms. The number of halogens is 1. The zero-order chi connectivity index (χ0) is 71.2. The Morgan fingerprint density at radius 3 is 2.32 bits per heavy atom. The Morgan fingerprint density at radius 2 is 1.60 bits per heavy atom. The third-order valence-electron chi connectivity index (χ3n) is 22.2. The van der Waals surface area contributed by atoms with E-state index in [1.807, 2.05) is 79.0 Å². The molecule has 1 saturated heterocycles. The van der Waals surface area contributed by atoms with E-state index in [9.17, 15) is 33.8 Å². The number of carboxylic acids is 1. The molecule has 0 spiro atoms. The van der Waals surface area contributed by atoms with Crippen molar-refractivity contribution in [3.63, 3.8) is 0 Å². The lowest BCUT2D eigenvalue weighted by Gasteiger charge is -2.69. The number of aliphatic hydroxyl groups excluding tert-OH is 1. The van der Waals surface area contributed by atoms with Crippen LogP contribution >= 0.6 is 22.7 Å². The van der Waals surface area contributed by atoms with Crippen LogP contribution in [0, 0.1) is 42.4 Å². The summed E-state index contributed by atoms with van der Waals surface area (Å²) in [5.74, 6) is -0.337. The van der Waals surface area contributed by atoms with Gasteiger partial charge in [0.2, 0.25) is 11.8 Å². The van der Waals surface area contributed by atoms with Gasteiger partial charge in [-0.2, -0.15) is 5.10 Å². The zero-order valence-electron chi connectivity index (χ0n) is 60.2. The van der Waals surface area contributed by atoms with E-state index in [-0.39, 0.29) is 59.9 Å². The zero-order valence-corrected chi connectivity index (χ0v) is 61.8. The average molecular weight is 1420 g/mol. The molecule has 5 atom stereocenters. The molecule has 5 N–H and O–H groups in total. The molecule has 14 rings (SSSR count). The number of anilines is 4. The van der Waals surface area contributed by atoms with Gasteiger partial charge in [0.1, 0.15) is 23.7 Å². The first-order valence-electron chi connectivity index (χ1n) is 36.5. The van der Waals surface area contributed by atoms with Gasteiger partial charge < -0.3 is 50.3 Å². The summed E-state index contributed by atoms with van der Waals surface area (Å²) in [6.45, 7) is 21.0. The molecular weight excluding hydrogens is 1320 g/mol. The predicted molar refractivity (Wildman–Crippen MR) is 392 cm³/mol. The smallest absolute Gasteiger partial charge is 0.355 e. The molecule has 24 heteroatoms. The number of aryl methyl sites for hydroxylation is 1. The number of nitrogens with one attached hydrogen (secondary N) is 3. The number of unbranched alkanes of at least 4 members (excludes halogenated alkanes) is 7. The van der Waals surface area contributed by atoms with Crippen LogP contribution in [0.1, 0.15) is 189 Å². The number of hydrogen-bond donors (Lipinski definition) is 5. The van der Waals surface area contributed by atoms with Gasteiger partial charge in [0.15, 0.2) is 28.1 Å². The summed E-state index contributed by atoms with van der Waals surface area (Å²) >= 11 is 3.13. The number of hydrogen-bond acceptors (Lipinski definition) is 18. The van der Waals surface area contributed by atoms with Crippen LogP contribution in [-0.2, 0) is 38.6 Å². The second-order valence-corrected chi connectivity index (χ2v) is 34.0. The number of thiazole rings is 2. The van der Waals surface area contributed by atoms with Crippen molar-refractivity contribution in [3.8, 4) is 27.3 Å². The number of aromatic nitrogens is 7. The van der Waals surface area contributed by atoms with Crippen molar-refractivity contribution in [2.75, 3.05) is 56.7 Å². The highest BCUT2D eigenvalue weighted by atomic mass is 32.1. The molecule has 2 aliphatic heterocycles. The highest BCUT2D eigenvalue weighted by Crippen LogP contribution is 2.72. The summed E-state index contributed by atoms with van der Waals surface area (Å²) in [5, 5.41) is 45.6. The number of para-hydroxylation sites is 1. The lowest BCUT2D eigenvalue weighted by atomic mass is 9.39. The van der Waals surface area contributed by atoms with Gasteiger partial charge in [-0.05, 0) is 169 Å². The molecule has 2 aromatic carbocycles. The topological polar surface area (TPSA) is 255 Å². The van der Waals surface area contributed by atoms with Crippen LogP contribution in [0.5, 0.6) is 5.75 Å². The number of benzene rings is 2. The van der Waals surface area contributed by atoms with Gasteiger partial charge in [-0.1, -0.05) is 109 Å². The van der Waals surface area contributed by atoms with Crippen molar-refractivity contribution in [1.82, 2.24) is 55.4 Å². The summed E-state index contributed by atoms with van der Waals surface area (Å²) < 4.78 is 31.6. The van der Waals surface area contributed by atoms with Crippen LogP contribution in [0.2, 0.25) is 0 Å². The highest BCUT2D eigenvalue weighted by Gasteiger charge is 2.66. The van der Waals surface area contributed by atoms with E-state index in [4.69, 9.17) is 29.6 Å². The SMILES string of the molecule is Cc1ncsc1-c1ccc(CNC(=O)C2C[C@@H](O)CN2C(=O)[C@@H](NC(=O)C2(F)CC2)C(C)(C)C)c(OCCCCCCCCCCN(C)CCOC23CC4(C)CC(C)(CC(Cn5ncc(-c6ccc(N7CCCc8c7nnc(Nc7nc9ccccc9s7)c8C)nc6C(=O)O)c5C)(C4)C2)C3)c1. The maximum absolute atomic E-state index is 14.8. The first kappa shape index (κ1) is 71.9. The van der Waals surface area contributed by atoms with Crippen LogP contribution in [-0.4, -0.2) is 155 Å². The Balaban J connectivity index is 0.551. The number of amides is 3. The van der Waals surface area contributed by atoms with Gasteiger partial charge in [0.05, 0.1) is 57.4 Å². The number of likely N-dealkylation sites (tertiary alicyclic amines) is 1. The molecule has 3 unspecified atom stereocenters. The van der Waals surface area contributed by atoms with Crippen LogP contribution in [0.3, 0.4) is 0 Å². The molecular formula is C77H100FN13O8S2. The molecule has 21 nitrogen and oxygen atoms in total. The lowest BCUT2D eigenvalue weighted by molar-refractivity contribution is -0.248. The number of aromatic carboxylic acids is 1. The third kappa shape index (κ3) is 15.7. The van der Waals surface area contributed by atoms with E-state index in [1.54, 1.807) is 43.4 Å². The van der Waals surface area contributed by atoms with Gasteiger partial charge in [-0.3, -0.25) is 19.1 Å². The minimum Gasteiger partial charge on any atom is -0.493 e. The molecule has 5 aromatic heterocycles. The van der Waals surface area contributed by atoms with E-state index in [0.29, 0.717) is 48.5 Å². The standard InChI is InChI=1S/C77H100FN13O8S2/c1-48-54-21-20-31-89(66(54)87-86-65(48)85-71-82-57-22-16-17-23-60(57)101-71)61-27-26-55(62(83-61)69(95)96)56-38-81-91(50(56)3)46-75-41-73(7)40-74(8,42-75)44-76(43-73,45-75)99-34-32-88(9)30-18-14-12-10-11-13-15-19-33-98-59-35-51(63-49(2)80-47-100-63)24-25-52(59)37-79-67(93)58-36-53(92)39-90(58)68(94)64(72(4,5)6)84-70(97)77(78)28-29-77/h16-17,22-27,35,38,47,53,58,64,92H,10-15,18-21,28-34,36-37,39-46H2,1-9H3,(H,79,93)(H,84,97)(H,95,96)(H,82,85,86)/t53-,58?,64-,73?,74?,75?,76?/m1/s1. The molecule has 0 radical (unpaired) electrons. The number of rotatable bonds is 30. The summed E-state index contributed by atoms with van der Waals surface area (Å²) in [4.78, 5) is 74.8. The Bertz CT molecular complexity index is 4170. The number of aliphatic hydroxyl groups is 1. The van der Waals surface area contributed by atoms with Gasteiger partial charge >= 0.3 is 5.97 Å². The van der Waals surface area contributed by atoms with E-state index < -0.39 is 53.0 Å². The fourth-order valence-corrected chi connectivity index (χ4v) is 19.8. The molecule has 540 valence electrons. The van der Waals surface area contributed by atoms with E-state index in [0.717, 1.165) is 156 Å². The monoisotopic (exact) mass is 1420 g/mol. The van der Waals surface area contributed by atoms with Crippen LogP contribution in [0.4, 0.5) is 27.0 Å². The molecule has 3 amide bonds. The number of β-amino-alcohol motifs (C(OH)–C–C–N with tert-alkyl or cyclic N) is 1. The van der Waals surface area contributed by atoms with Crippen molar-refractivity contribution >= 4 is 79.2 Å². The van der Waals surface area contributed by atoms with Gasteiger partial charge in [0, 0.05) is 72.7 Å². The van der Waals surface area contributed by atoms with Gasteiger partial charge in [-0.15, -0.1) is 21.5 Å². The van der Waals surface area contributed by atoms with E-state index in [1.165, 1.54) is 30.6 Å². The lowest BCUT2D eigenvalue weighted by Crippen LogP contribution is -2.64. The predicted octanol–water partition coefficient (Wildman–Crippen LogP) is 13.8. The van der Waals surface area contributed by atoms with Crippen molar-refractivity contribution in [2.24, 2.45) is 21.7 Å². The van der Waals surface area contributed by atoms with E-state index in [2.05, 4.69) is 69.5 Å². The molecule has 7 heterocycles. The van der Waals surface area contributed by atoms with Crippen LogP contribution in [0.25, 0.3) is 31.8 Å². The number of pyridine rings is 1. The van der Waals surface area contributed by atoms with Crippen molar-refractivity contribution < 1.29 is 43.3 Å². The maximum Gasteiger partial charge on any atom is 0.355 e. The summed E-state index contributed by atoms with van der Waals surface area (Å²) in [6, 6.07) is 15.7. The molecule has 6 fully saturated rings. The minimum atomic E-state index is -1.97. The quantitative estimate of drug-likeness (QED) is 0.0262. The van der Waals surface area contributed by atoms with Crippen molar-refractivity contribution in [2.45, 2.75) is 220 Å². The maximum atomic E-state index is 14.8. The number of nitrogens with zero attached hydrogens (tertiary/aromatic N) is 10. The third-order valence-corrected chi connectivity index (χ3v) is 24.2. The number of carbonyl (C=O) groups is 4. The number of alkyl halides is 1. The number of fused-ring (bicyclic) bond motifs is 2. The van der Waals surface area contributed by atoms with Crippen molar-refractivity contribution in [1.29, 1.82) is 0 Å². The summed E-state index contributed by atoms with van der Waals surface area (Å²) in [5.41, 5.74) is 7.08. The fraction of sp³-hybridized carbons (Fsp3) is 0.584. The number of likely N-dealkylation sites (N-methyl/N-ethyl adjacent to an activating group) is 1. The second-order valence-electron chi connectivity index (χ2n) is 32.1. The highest BCUT2D eigenvalue weighted by molar-refractivity contribution is 7.22. The Morgan fingerprint density at radius 1 is 0.861 bits per heavy atom. The van der Waals surface area contributed by atoms with Crippen LogP contribution in [0.15, 0.2) is 66.3 Å². The molecule has 5 saturated carbocycles. The first-order valence-corrected chi connectivity index (χ1v) is 38.2. The Kier molecular flexibility index (Phi) is 20.6. The minimum absolute atomic E-state index is 0.00474. The first-order chi connectivity index (χ1) is 48.2. The fourth-order valence-electron chi connectivity index (χ4n) is 18.1. The Labute approximate surface area is 600 Å². The Hall–Kier alpha value is -7.51. The molecule has 7 aliphatic rings. The summed E-state index contributed by atoms with van der Waals surface area (Å²) in [6.07, 6.45) is 18.3. The normalized spacial score (nSPS) is 23.7. The molecule has 7 aromatic rings. The number of ether oxygens (including phenoxy) is 2. The number of carboxylic acid groups (broad SMARTS) is 1. The van der Waals surface area contributed by atoms with Gasteiger partial charge in [0.25, 0.3) is 5.91 Å². The average Bonchev–Trinajstić information content (AvgIpc) is 1.60. The van der Waals surface area contributed by atoms with E-state index >= 15 is 0 Å². The largest absolute Gasteiger partial charge is 0.493 e. The van der Waals surface area contributed by atoms with Crippen LogP contribution < -0.4 is 25.6 Å². The molecule has 5 aliphatic carbocycles. The van der Waals surface area contributed by atoms with Crippen molar-refractivity contribution in [3.05, 3.63) is 100 Å².